The Hall–Kier alpha value is -2.55. The Morgan fingerprint density at radius 1 is 1.11 bits per heavy atom. The molecule has 200 valence electrons. The maximum Gasteiger partial charge on any atom is 0.264 e. The van der Waals surface area contributed by atoms with Crippen molar-refractivity contribution in [1.82, 2.24) is 10.4 Å². The van der Waals surface area contributed by atoms with Gasteiger partial charge in [0.2, 0.25) is 0 Å². The maximum atomic E-state index is 14.1. The summed E-state index contributed by atoms with van der Waals surface area (Å²) in [4.78, 5) is 32.1. The summed E-state index contributed by atoms with van der Waals surface area (Å²) in [6.07, 6.45) is 2.58. The molecule has 3 fully saturated rings. The Morgan fingerprint density at radius 3 is 2.32 bits per heavy atom. The molecule has 3 aliphatic carbocycles. The van der Waals surface area contributed by atoms with Gasteiger partial charge in [0.15, 0.2) is 17.1 Å². The zero-order valence-electron chi connectivity index (χ0n) is 21.2. The monoisotopic (exact) mass is 552 g/mol. The van der Waals surface area contributed by atoms with Gasteiger partial charge in [0.05, 0.1) is 10.6 Å². The number of halogens is 3. The Bertz CT molecular complexity index is 1220. The van der Waals surface area contributed by atoms with Crippen LogP contribution in [0.3, 0.4) is 0 Å². The van der Waals surface area contributed by atoms with Gasteiger partial charge in [0.25, 0.3) is 11.8 Å². The van der Waals surface area contributed by atoms with Crippen LogP contribution in [-0.4, -0.2) is 38.8 Å². The van der Waals surface area contributed by atoms with Crippen molar-refractivity contribution in [3.05, 3.63) is 57.8 Å². The average Bonchev–Trinajstić information content (AvgIpc) is 2.82. The third-order valence-corrected chi connectivity index (χ3v) is 8.14. The van der Waals surface area contributed by atoms with Crippen molar-refractivity contribution in [2.24, 2.45) is 5.92 Å². The van der Waals surface area contributed by atoms with Gasteiger partial charge in [0.1, 0.15) is 11.6 Å². The summed E-state index contributed by atoms with van der Waals surface area (Å²) in [5, 5.41) is 16.5. The molecule has 0 aliphatic heterocycles. The van der Waals surface area contributed by atoms with Crippen LogP contribution in [0.1, 0.15) is 58.4 Å². The fourth-order valence-electron chi connectivity index (χ4n) is 5.30. The molecule has 0 radical (unpaired) electrons. The van der Waals surface area contributed by atoms with Gasteiger partial charge in [-0.2, -0.15) is 0 Å². The van der Waals surface area contributed by atoms with E-state index >= 15 is 0 Å². The molecule has 5 rings (SSSR count). The quantitative estimate of drug-likeness (QED) is 0.346. The molecule has 2 bridgehead atoms. The van der Waals surface area contributed by atoms with Crippen molar-refractivity contribution in [3.8, 4) is 11.5 Å². The molecular formula is C27H31Cl2FN2O5. The van der Waals surface area contributed by atoms with Gasteiger partial charge in [0, 0.05) is 24.4 Å². The fourth-order valence-corrected chi connectivity index (χ4v) is 5.54. The van der Waals surface area contributed by atoms with Crippen molar-refractivity contribution >= 4 is 35.0 Å². The van der Waals surface area contributed by atoms with Gasteiger partial charge in [-0.05, 0) is 88.3 Å². The smallest absolute Gasteiger partial charge is 0.264 e. The second-order valence-electron chi connectivity index (χ2n) is 10.5. The molecular weight excluding hydrogens is 522 g/mol. The molecule has 0 spiro atoms. The van der Waals surface area contributed by atoms with Crippen LogP contribution in [0.2, 0.25) is 10.0 Å². The number of fused-ring (bicyclic) bond motifs is 3. The minimum Gasteiger partial charge on any atom is -0.478 e. The van der Waals surface area contributed by atoms with Crippen molar-refractivity contribution in [3.63, 3.8) is 0 Å². The maximum absolute atomic E-state index is 14.1. The van der Waals surface area contributed by atoms with E-state index in [9.17, 15) is 19.1 Å². The van der Waals surface area contributed by atoms with Crippen LogP contribution in [0.5, 0.6) is 11.5 Å². The first-order chi connectivity index (χ1) is 17.3. The van der Waals surface area contributed by atoms with Crippen molar-refractivity contribution < 1.29 is 28.7 Å². The lowest BCUT2D eigenvalue weighted by atomic mass is 9.60. The summed E-state index contributed by atoms with van der Waals surface area (Å²) in [5.41, 5.74) is -3.59. The summed E-state index contributed by atoms with van der Waals surface area (Å²) >= 11 is 11.9. The van der Waals surface area contributed by atoms with E-state index in [1.165, 1.54) is 19.1 Å². The number of hydrogen-bond donors (Lipinski definition) is 2. The largest absolute Gasteiger partial charge is 0.478 e. The van der Waals surface area contributed by atoms with Crippen LogP contribution >= 0.6 is 23.2 Å². The standard InChI is InChI=1S/C27H31Cl2FN2O5/c1-16-13-19(5-7-21(16)28)36-25(3,4)24(34)31-26-11-9-18(10-12-26)15-27(26,35)32(17(2)33)37-20-6-8-22(29)23(30)14-20/h5-8,13-14,18,35H,9-12,15H2,1-4H3,(H,31,34)/t18?,26?,27-/m0/s1. The number of hydrogen-bond acceptors (Lipinski definition) is 5. The number of nitrogens with one attached hydrogen (secondary N) is 1. The third kappa shape index (κ3) is 5.24. The van der Waals surface area contributed by atoms with Crippen LogP contribution in [0, 0.1) is 18.7 Å². The molecule has 0 saturated heterocycles. The predicted octanol–water partition coefficient (Wildman–Crippen LogP) is 5.58. The zero-order chi connectivity index (χ0) is 27.2. The van der Waals surface area contributed by atoms with Crippen molar-refractivity contribution in [1.29, 1.82) is 0 Å². The zero-order valence-corrected chi connectivity index (χ0v) is 22.8. The molecule has 0 unspecified atom stereocenters. The second kappa shape index (κ2) is 9.97. The SMILES string of the molecule is CC(=O)N(Oc1ccc(Cl)c(F)c1)[C@]1(O)CC2CCC1(NC(=O)C(C)(C)Oc1ccc(Cl)c(C)c1)CC2. The molecule has 10 heteroatoms. The molecule has 37 heavy (non-hydrogen) atoms. The summed E-state index contributed by atoms with van der Waals surface area (Å²) in [6.45, 7) is 6.35. The summed E-state index contributed by atoms with van der Waals surface area (Å²) in [6, 6.07) is 8.87. The lowest BCUT2D eigenvalue weighted by Gasteiger charge is -2.59. The van der Waals surface area contributed by atoms with E-state index < -0.39 is 34.5 Å². The highest BCUT2D eigenvalue weighted by atomic mass is 35.5. The lowest BCUT2D eigenvalue weighted by Crippen LogP contribution is -2.77. The summed E-state index contributed by atoms with van der Waals surface area (Å²) < 4.78 is 20.1. The number of carbonyl (C=O) groups is 2. The average molecular weight is 553 g/mol. The van der Waals surface area contributed by atoms with E-state index in [0.717, 1.165) is 29.5 Å². The van der Waals surface area contributed by atoms with E-state index in [2.05, 4.69) is 5.32 Å². The minimum atomic E-state index is -1.88. The van der Waals surface area contributed by atoms with E-state index in [0.29, 0.717) is 23.6 Å². The molecule has 2 amide bonds. The number of nitrogens with zero attached hydrogens (tertiary/aromatic N) is 1. The van der Waals surface area contributed by atoms with Crippen LogP contribution in [-0.2, 0) is 9.59 Å². The van der Waals surface area contributed by atoms with E-state index in [1.54, 1.807) is 32.0 Å². The van der Waals surface area contributed by atoms with Gasteiger partial charge in [-0.3, -0.25) is 9.59 Å². The van der Waals surface area contributed by atoms with Crippen LogP contribution in [0.15, 0.2) is 36.4 Å². The Morgan fingerprint density at radius 2 is 1.73 bits per heavy atom. The van der Waals surface area contributed by atoms with Crippen LogP contribution in [0.25, 0.3) is 0 Å². The molecule has 3 aliphatic rings. The highest BCUT2D eigenvalue weighted by Gasteiger charge is 2.63. The summed E-state index contributed by atoms with van der Waals surface area (Å²) in [7, 11) is 0. The molecule has 3 saturated carbocycles. The van der Waals surface area contributed by atoms with Gasteiger partial charge in [-0.1, -0.05) is 23.2 Å². The van der Waals surface area contributed by atoms with Gasteiger partial charge >= 0.3 is 0 Å². The first-order valence-corrected chi connectivity index (χ1v) is 13.0. The third-order valence-electron chi connectivity index (χ3n) is 7.41. The number of benzene rings is 2. The van der Waals surface area contributed by atoms with Crippen molar-refractivity contribution in [2.45, 2.75) is 76.7 Å². The molecule has 2 N–H and O–H groups in total. The number of hydroxylamine groups is 2. The van der Waals surface area contributed by atoms with E-state index in [4.69, 9.17) is 32.8 Å². The van der Waals surface area contributed by atoms with Crippen molar-refractivity contribution in [2.75, 3.05) is 0 Å². The highest BCUT2D eigenvalue weighted by Crippen LogP contribution is 2.52. The lowest BCUT2D eigenvalue weighted by molar-refractivity contribution is -0.291. The topological polar surface area (TPSA) is 88.1 Å². The Labute approximate surface area is 225 Å². The molecule has 0 heterocycles. The Kier molecular flexibility index (Phi) is 7.40. The minimum absolute atomic E-state index is 0.00443. The highest BCUT2D eigenvalue weighted by molar-refractivity contribution is 6.31. The van der Waals surface area contributed by atoms with Gasteiger partial charge in [-0.15, -0.1) is 5.06 Å². The number of carbonyl (C=O) groups excluding carboxylic acids is 2. The summed E-state index contributed by atoms with van der Waals surface area (Å²) in [5.74, 6) is -1.17. The molecule has 2 aromatic carbocycles. The number of amides is 2. The van der Waals surface area contributed by atoms with E-state index in [-0.39, 0.29) is 23.1 Å². The predicted molar refractivity (Wildman–Crippen MR) is 138 cm³/mol. The normalized spacial score (nSPS) is 24.9. The number of rotatable bonds is 7. The molecule has 0 aromatic heterocycles. The fraction of sp³-hybridized carbons (Fsp3) is 0.481. The first-order valence-electron chi connectivity index (χ1n) is 12.2. The van der Waals surface area contributed by atoms with E-state index in [1.807, 2.05) is 6.92 Å². The first kappa shape index (κ1) is 27.5. The number of aryl methyl sites for hydroxylation is 1. The molecule has 2 aromatic rings. The van der Waals surface area contributed by atoms with Crippen LogP contribution < -0.4 is 14.9 Å². The van der Waals surface area contributed by atoms with Gasteiger partial charge in [-0.25, -0.2) is 4.39 Å². The molecule has 7 nitrogen and oxygen atoms in total. The number of aliphatic hydroxyl groups is 1. The Balaban J connectivity index is 1.63. The van der Waals surface area contributed by atoms with Crippen LogP contribution in [0.4, 0.5) is 4.39 Å². The number of ether oxygens (including phenoxy) is 1. The molecule has 1 atom stereocenters. The van der Waals surface area contributed by atoms with Gasteiger partial charge < -0.3 is 20.0 Å². The second-order valence-corrected chi connectivity index (χ2v) is 11.3.